The maximum Gasteiger partial charge on any atom is 0.228 e. The maximum atomic E-state index is 12.0. The highest BCUT2D eigenvalue weighted by Gasteiger charge is 2.31. The Balaban J connectivity index is 2.09. The van der Waals surface area contributed by atoms with Crippen LogP contribution in [0.25, 0.3) is 0 Å². The Morgan fingerprint density at radius 2 is 2.26 bits per heavy atom. The molecule has 1 atom stereocenters. The van der Waals surface area contributed by atoms with Crippen LogP contribution in [-0.2, 0) is 9.59 Å². The summed E-state index contributed by atoms with van der Waals surface area (Å²) in [5.41, 5.74) is 0. The van der Waals surface area contributed by atoms with Gasteiger partial charge in [0, 0.05) is 30.7 Å². The van der Waals surface area contributed by atoms with Crippen LogP contribution in [-0.4, -0.2) is 28.3 Å². The number of carbonyl (C=O) groups excluding carboxylic acids is 2. The van der Waals surface area contributed by atoms with Crippen LogP contribution < -0.4 is 4.90 Å². The fraction of sp³-hybridized carbons (Fsp3) is 0.417. The van der Waals surface area contributed by atoms with E-state index in [1.165, 1.54) is 24.8 Å². The fourth-order valence-corrected chi connectivity index (χ4v) is 3.10. The number of carbonyl (C=O) groups is 2. The van der Waals surface area contributed by atoms with E-state index in [9.17, 15) is 9.59 Å². The van der Waals surface area contributed by atoms with Gasteiger partial charge in [0.25, 0.3) is 0 Å². The SMILES string of the molecule is CC(=O)SCC1CC(=O)N(c2cc(Cl)cc(Cl)n2)C1. The van der Waals surface area contributed by atoms with Gasteiger partial charge in [0.05, 0.1) is 0 Å². The third-order valence-corrected chi connectivity index (χ3v) is 4.21. The molecule has 1 aliphatic rings. The number of nitrogens with zero attached hydrogens (tertiary/aromatic N) is 2. The molecule has 7 heteroatoms. The van der Waals surface area contributed by atoms with E-state index in [1.807, 2.05) is 0 Å². The van der Waals surface area contributed by atoms with Crippen LogP contribution in [0.4, 0.5) is 5.82 Å². The molecule has 2 heterocycles. The first-order valence-corrected chi connectivity index (χ1v) is 7.46. The minimum atomic E-state index is -0.0139. The maximum absolute atomic E-state index is 12.0. The zero-order valence-electron chi connectivity index (χ0n) is 10.2. The van der Waals surface area contributed by atoms with Crippen LogP contribution >= 0.6 is 35.0 Å². The molecule has 0 aliphatic carbocycles. The summed E-state index contributed by atoms with van der Waals surface area (Å²) in [7, 11) is 0. The number of hydrogen-bond acceptors (Lipinski definition) is 4. The third kappa shape index (κ3) is 3.84. The summed E-state index contributed by atoms with van der Waals surface area (Å²) >= 11 is 13.0. The molecule has 0 spiro atoms. The molecule has 0 N–H and O–H groups in total. The molecular formula is C12H12Cl2N2O2S. The van der Waals surface area contributed by atoms with E-state index in [1.54, 1.807) is 11.0 Å². The second-order valence-electron chi connectivity index (χ2n) is 4.34. The van der Waals surface area contributed by atoms with Crippen LogP contribution in [0, 0.1) is 5.92 Å². The molecule has 1 fully saturated rings. The van der Waals surface area contributed by atoms with Crippen molar-refractivity contribution in [2.75, 3.05) is 17.2 Å². The Kier molecular flexibility index (Phi) is 4.71. The first kappa shape index (κ1) is 14.6. The summed E-state index contributed by atoms with van der Waals surface area (Å²) in [6.07, 6.45) is 0.423. The van der Waals surface area contributed by atoms with Crippen molar-refractivity contribution >= 4 is 51.8 Å². The first-order valence-electron chi connectivity index (χ1n) is 5.72. The molecule has 19 heavy (non-hydrogen) atoms. The lowest BCUT2D eigenvalue weighted by molar-refractivity contribution is -0.117. The molecule has 102 valence electrons. The van der Waals surface area contributed by atoms with E-state index < -0.39 is 0 Å². The molecule has 4 nitrogen and oxygen atoms in total. The average molecular weight is 319 g/mol. The highest BCUT2D eigenvalue weighted by atomic mass is 35.5. The van der Waals surface area contributed by atoms with Gasteiger partial charge in [0.2, 0.25) is 5.91 Å². The lowest BCUT2D eigenvalue weighted by Gasteiger charge is -2.16. The van der Waals surface area contributed by atoms with Crippen molar-refractivity contribution < 1.29 is 9.59 Å². The minimum absolute atomic E-state index is 0.0139. The number of aromatic nitrogens is 1. The minimum Gasteiger partial charge on any atom is -0.296 e. The quantitative estimate of drug-likeness (QED) is 0.804. The summed E-state index contributed by atoms with van der Waals surface area (Å²) in [6, 6.07) is 3.14. The molecule has 1 unspecified atom stereocenters. The molecule has 1 amide bonds. The standard InChI is InChI=1S/C12H12Cl2N2O2S/c1-7(17)19-6-8-2-12(18)16(5-8)11-4-9(13)3-10(14)15-11/h3-4,8H,2,5-6H2,1H3. The van der Waals surface area contributed by atoms with Crippen molar-refractivity contribution in [3.63, 3.8) is 0 Å². The average Bonchev–Trinajstić information content (AvgIpc) is 2.66. The Hall–Kier alpha value is -0.780. The molecule has 0 bridgehead atoms. The summed E-state index contributed by atoms with van der Waals surface area (Å²) in [5.74, 6) is 1.25. The fourth-order valence-electron chi connectivity index (χ4n) is 1.94. The van der Waals surface area contributed by atoms with Crippen molar-refractivity contribution in [1.82, 2.24) is 4.98 Å². The van der Waals surface area contributed by atoms with Crippen molar-refractivity contribution in [2.24, 2.45) is 5.92 Å². The Morgan fingerprint density at radius 1 is 1.53 bits per heavy atom. The van der Waals surface area contributed by atoms with Gasteiger partial charge in [-0.15, -0.1) is 0 Å². The first-order chi connectivity index (χ1) is 8.95. The van der Waals surface area contributed by atoms with E-state index in [2.05, 4.69) is 4.98 Å². The zero-order valence-corrected chi connectivity index (χ0v) is 12.6. The molecular weight excluding hydrogens is 307 g/mol. The number of rotatable bonds is 3. The summed E-state index contributed by atoms with van der Waals surface area (Å²) < 4.78 is 0. The molecule has 2 rings (SSSR count). The van der Waals surface area contributed by atoms with E-state index >= 15 is 0 Å². The topological polar surface area (TPSA) is 50.3 Å². The Bertz CT molecular complexity index is 504. The third-order valence-electron chi connectivity index (χ3n) is 2.75. The monoisotopic (exact) mass is 318 g/mol. The molecule has 1 aliphatic heterocycles. The van der Waals surface area contributed by atoms with Crippen LogP contribution in [0.3, 0.4) is 0 Å². The predicted molar refractivity (Wildman–Crippen MR) is 77.9 cm³/mol. The summed E-state index contributed by atoms with van der Waals surface area (Å²) in [5, 5.41) is 0.774. The molecule has 1 aromatic rings. The van der Waals surface area contributed by atoms with Crippen molar-refractivity contribution in [3.8, 4) is 0 Å². The number of pyridine rings is 1. The van der Waals surface area contributed by atoms with E-state index in [0.29, 0.717) is 29.6 Å². The van der Waals surface area contributed by atoms with E-state index in [-0.39, 0.29) is 22.1 Å². The lowest BCUT2D eigenvalue weighted by Crippen LogP contribution is -2.25. The predicted octanol–water partition coefficient (Wildman–Crippen LogP) is 3.02. The highest BCUT2D eigenvalue weighted by Crippen LogP contribution is 2.29. The molecule has 1 saturated heterocycles. The van der Waals surface area contributed by atoms with Crippen molar-refractivity contribution in [2.45, 2.75) is 13.3 Å². The normalized spacial score (nSPS) is 19.0. The van der Waals surface area contributed by atoms with E-state index in [4.69, 9.17) is 23.2 Å². The van der Waals surface area contributed by atoms with Gasteiger partial charge in [-0.1, -0.05) is 35.0 Å². The molecule has 0 aromatic carbocycles. The second-order valence-corrected chi connectivity index (χ2v) is 6.36. The number of halogens is 2. The smallest absolute Gasteiger partial charge is 0.228 e. The van der Waals surface area contributed by atoms with E-state index in [0.717, 1.165) is 0 Å². The van der Waals surface area contributed by atoms with Crippen LogP contribution in [0.15, 0.2) is 12.1 Å². The molecule has 1 aromatic heterocycles. The van der Waals surface area contributed by atoms with Gasteiger partial charge in [0.1, 0.15) is 11.0 Å². The zero-order chi connectivity index (χ0) is 14.0. The van der Waals surface area contributed by atoms with Gasteiger partial charge in [-0.05, 0) is 18.1 Å². The van der Waals surface area contributed by atoms with Gasteiger partial charge in [-0.2, -0.15) is 0 Å². The molecule has 0 saturated carbocycles. The summed E-state index contributed by atoms with van der Waals surface area (Å²) in [6.45, 7) is 2.07. The Morgan fingerprint density at radius 3 is 2.89 bits per heavy atom. The van der Waals surface area contributed by atoms with Gasteiger partial charge < -0.3 is 0 Å². The van der Waals surface area contributed by atoms with Gasteiger partial charge in [-0.3, -0.25) is 14.5 Å². The highest BCUT2D eigenvalue weighted by molar-refractivity contribution is 8.13. The van der Waals surface area contributed by atoms with Crippen LogP contribution in [0.1, 0.15) is 13.3 Å². The lowest BCUT2D eigenvalue weighted by atomic mass is 10.1. The number of hydrogen-bond donors (Lipinski definition) is 0. The number of amides is 1. The van der Waals surface area contributed by atoms with Crippen LogP contribution in [0.5, 0.6) is 0 Å². The Labute approximate surface area is 125 Å². The van der Waals surface area contributed by atoms with Gasteiger partial charge >= 0.3 is 0 Å². The van der Waals surface area contributed by atoms with Crippen molar-refractivity contribution in [1.29, 1.82) is 0 Å². The second kappa shape index (κ2) is 6.11. The van der Waals surface area contributed by atoms with Crippen molar-refractivity contribution in [3.05, 3.63) is 22.3 Å². The van der Waals surface area contributed by atoms with Gasteiger partial charge in [-0.25, -0.2) is 4.98 Å². The number of thioether (sulfide) groups is 1. The summed E-state index contributed by atoms with van der Waals surface area (Å²) in [4.78, 5) is 28.6. The largest absolute Gasteiger partial charge is 0.296 e. The van der Waals surface area contributed by atoms with Gasteiger partial charge in [0.15, 0.2) is 5.12 Å². The van der Waals surface area contributed by atoms with Crippen LogP contribution in [0.2, 0.25) is 10.2 Å². The molecule has 0 radical (unpaired) electrons. The number of anilines is 1.